The maximum Gasteiger partial charge on any atom is 0.330 e. The van der Waals surface area contributed by atoms with E-state index in [2.05, 4.69) is 4.98 Å². The zero-order valence-electron chi connectivity index (χ0n) is 16.3. The molecule has 154 valence electrons. The number of nitrogen functional groups attached to an aromatic ring is 1. The summed E-state index contributed by atoms with van der Waals surface area (Å²) in [6.07, 6.45) is 2.67. The van der Waals surface area contributed by atoms with Crippen molar-refractivity contribution in [3.8, 4) is 0 Å². The van der Waals surface area contributed by atoms with Gasteiger partial charge < -0.3 is 10.6 Å². The Labute approximate surface area is 171 Å². The number of anilines is 2. The Bertz CT molecular complexity index is 1200. The summed E-state index contributed by atoms with van der Waals surface area (Å²) in [6, 6.07) is 14.9. The molecule has 3 rings (SSSR count). The number of aromatic amines is 1. The van der Waals surface area contributed by atoms with Gasteiger partial charge in [0.2, 0.25) is 0 Å². The second kappa shape index (κ2) is 9.04. The predicted octanol–water partition coefficient (Wildman–Crippen LogP) is 2.37. The molecule has 0 aliphatic rings. The first-order valence-electron chi connectivity index (χ1n) is 9.32. The molecule has 0 radical (unpaired) electrons. The van der Waals surface area contributed by atoms with Crippen LogP contribution in [0.25, 0.3) is 6.08 Å². The molecule has 0 atom stereocenters. The minimum Gasteiger partial charge on any atom is -0.383 e. The second-order valence-corrected chi connectivity index (χ2v) is 6.54. The standard InChI is InChI=1S/C22H21FN4O3/c1-2-26(18(28)12-11-15-9-6-10-17(23)13-15)19-20(24)27(22(30)25-21(19)29)14-16-7-4-3-5-8-16/h3-13H,2,14,24H2,1H3,(H,25,29,30)/b12-11+. The van der Waals surface area contributed by atoms with E-state index in [-0.39, 0.29) is 24.6 Å². The Morgan fingerprint density at radius 1 is 1.17 bits per heavy atom. The molecule has 2 aromatic carbocycles. The summed E-state index contributed by atoms with van der Waals surface area (Å²) < 4.78 is 14.5. The van der Waals surface area contributed by atoms with Crippen molar-refractivity contribution in [3.63, 3.8) is 0 Å². The zero-order chi connectivity index (χ0) is 21.7. The maximum absolute atomic E-state index is 13.3. The molecule has 0 aliphatic carbocycles. The van der Waals surface area contributed by atoms with Crippen LogP contribution in [0.3, 0.4) is 0 Å². The number of carbonyl (C=O) groups excluding carboxylic acids is 1. The third-order valence-corrected chi connectivity index (χ3v) is 4.52. The van der Waals surface area contributed by atoms with Crippen LogP contribution in [-0.4, -0.2) is 22.0 Å². The van der Waals surface area contributed by atoms with Gasteiger partial charge in [-0.05, 0) is 36.3 Å². The lowest BCUT2D eigenvalue weighted by Crippen LogP contribution is -2.40. The summed E-state index contributed by atoms with van der Waals surface area (Å²) in [4.78, 5) is 40.9. The number of nitrogens with one attached hydrogen (secondary N) is 1. The van der Waals surface area contributed by atoms with Crippen molar-refractivity contribution in [2.45, 2.75) is 13.5 Å². The molecule has 0 bridgehead atoms. The van der Waals surface area contributed by atoms with Gasteiger partial charge in [-0.25, -0.2) is 9.18 Å². The molecular weight excluding hydrogens is 387 g/mol. The molecule has 0 saturated heterocycles. The molecule has 1 aromatic heterocycles. The highest BCUT2D eigenvalue weighted by molar-refractivity contribution is 6.05. The fourth-order valence-electron chi connectivity index (χ4n) is 3.05. The van der Waals surface area contributed by atoms with E-state index >= 15 is 0 Å². The summed E-state index contributed by atoms with van der Waals surface area (Å²) in [5.74, 6) is -1.06. The first-order valence-corrected chi connectivity index (χ1v) is 9.32. The molecule has 0 spiro atoms. The fourth-order valence-corrected chi connectivity index (χ4v) is 3.05. The third kappa shape index (κ3) is 4.54. The number of rotatable bonds is 6. The molecular formula is C22H21FN4O3. The summed E-state index contributed by atoms with van der Waals surface area (Å²) in [7, 11) is 0. The van der Waals surface area contributed by atoms with Crippen LogP contribution in [0.5, 0.6) is 0 Å². The topological polar surface area (TPSA) is 101 Å². The van der Waals surface area contributed by atoms with E-state index in [0.29, 0.717) is 5.56 Å². The van der Waals surface area contributed by atoms with Crippen LogP contribution in [0.2, 0.25) is 0 Å². The van der Waals surface area contributed by atoms with E-state index in [9.17, 15) is 18.8 Å². The Hall–Kier alpha value is -3.94. The zero-order valence-corrected chi connectivity index (χ0v) is 16.3. The van der Waals surface area contributed by atoms with Gasteiger partial charge in [-0.3, -0.25) is 19.1 Å². The van der Waals surface area contributed by atoms with E-state index in [0.717, 1.165) is 5.56 Å². The lowest BCUT2D eigenvalue weighted by atomic mass is 10.2. The normalized spacial score (nSPS) is 11.0. The highest BCUT2D eigenvalue weighted by atomic mass is 19.1. The quantitative estimate of drug-likeness (QED) is 0.612. The van der Waals surface area contributed by atoms with Crippen molar-refractivity contribution >= 4 is 23.5 Å². The number of likely N-dealkylation sites (N-methyl/N-ethyl adjacent to an activating group) is 1. The van der Waals surface area contributed by atoms with Gasteiger partial charge >= 0.3 is 5.69 Å². The number of hydrogen-bond donors (Lipinski definition) is 2. The summed E-state index contributed by atoms with van der Waals surface area (Å²) >= 11 is 0. The number of carbonyl (C=O) groups is 1. The number of halogens is 1. The summed E-state index contributed by atoms with van der Waals surface area (Å²) in [5, 5.41) is 0. The van der Waals surface area contributed by atoms with Gasteiger partial charge in [-0.15, -0.1) is 0 Å². The number of benzene rings is 2. The van der Waals surface area contributed by atoms with Gasteiger partial charge in [0.1, 0.15) is 11.6 Å². The number of nitrogens with zero attached hydrogens (tertiary/aromatic N) is 2. The monoisotopic (exact) mass is 408 g/mol. The van der Waals surface area contributed by atoms with E-state index in [1.54, 1.807) is 13.0 Å². The number of aromatic nitrogens is 2. The molecule has 1 amide bonds. The minimum atomic E-state index is -0.754. The van der Waals surface area contributed by atoms with Crippen LogP contribution in [0, 0.1) is 5.82 Å². The van der Waals surface area contributed by atoms with Gasteiger partial charge in [0.05, 0.1) is 6.54 Å². The van der Waals surface area contributed by atoms with Gasteiger partial charge in [0.15, 0.2) is 5.69 Å². The number of hydrogen-bond acceptors (Lipinski definition) is 4. The van der Waals surface area contributed by atoms with Crippen LogP contribution >= 0.6 is 0 Å². The molecule has 8 heteroatoms. The van der Waals surface area contributed by atoms with Crippen LogP contribution in [0.4, 0.5) is 15.9 Å². The average Bonchev–Trinajstić information content (AvgIpc) is 2.73. The van der Waals surface area contributed by atoms with E-state index in [1.165, 1.54) is 39.8 Å². The highest BCUT2D eigenvalue weighted by Gasteiger charge is 2.21. The molecule has 0 saturated carbocycles. The summed E-state index contributed by atoms with van der Waals surface area (Å²) in [5.41, 5.74) is 5.93. The fraction of sp³-hybridized carbons (Fsp3) is 0.136. The van der Waals surface area contributed by atoms with Crippen LogP contribution in [-0.2, 0) is 11.3 Å². The Balaban J connectivity index is 1.97. The number of amides is 1. The smallest absolute Gasteiger partial charge is 0.330 e. The lowest BCUT2D eigenvalue weighted by molar-refractivity contribution is -0.114. The van der Waals surface area contributed by atoms with E-state index in [4.69, 9.17) is 5.73 Å². The molecule has 3 N–H and O–H groups in total. The number of H-pyrrole nitrogens is 1. The van der Waals surface area contributed by atoms with Gasteiger partial charge in [-0.1, -0.05) is 42.5 Å². The van der Waals surface area contributed by atoms with Crippen molar-refractivity contribution in [2.75, 3.05) is 17.2 Å². The van der Waals surface area contributed by atoms with Crippen LogP contribution in [0.1, 0.15) is 18.1 Å². The SMILES string of the molecule is CCN(C(=O)/C=C/c1cccc(F)c1)c1c(N)n(Cc2ccccc2)c(=O)[nH]c1=O. The molecule has 0 fully saturated rings. The summed E-state index contributed by atoms with van der Waals surface area (Å²) in [6.45, 7) is 1.96. The van der Waals surface area contributed by atoms with E-state index < -0.39 is 23.0 Å². The van der Waals surface area contributed by atoms with Crippen molar-refractivity contribution in [3.05, 3.63) is 98.5 Å². The van der Waals surface area contributed by atoms with Crippen molar-refractivity contribution in [1.82, 2.24) is 9.55 Å². The Kier molecular flexibility index (Phi) is 6.26. The Morgan fingerprint density at radius 3 is 2.57 bits per heavy atom. The number of nitrogens with two attached hydrogens (primary N) is 1. The Morgan fingerprint density at radius 2 is 1.90 bits per heavy atom. The molecule has 0 aliphatic heterocycles. The minimum absolute atomic E-state index is 0.109. The first kappa shape index (κ1) is 20.8. The average molecular weight is 408 g/mol. The molecule has 1 heterocycles. The first-order chi connectivity index (χ1) is 14.4. The maximum atomic E-state index is 13.3. The predicted molar refractivity (Wildman–Crippen MR) is 115 cm³/mol. The van der Waals surface area contributed by atoms with Crippen molar-refractivity contribution in [1.29, 1.82) is 0 Å². The van der Waals surface area contributed by atoms with Crippen LogP contribution in [0.15, 0.2) is 70.3 Å². The van der Waals surface area contributed by atoms with Crippen molar-refractivity contribution in [2.24, 2.45) is 0 Å². The van der Waals surface area contributed by atoms with Crippen LogP contribution < -0.4 is 21.9 Å². The van der Waals surface area contributed by atoms with Gasteiger partial charge in [-0.2, -0.15) is 0 Å². The molecule has 0 unspecified atom stereocenters. The largest absolute Gasteiger partial charge is 0.383 e. The van der Waals surface area contributed by atoms with E-state index in [1.807, 2.05) is 30.3 Å². The molecule has 7 nitrogen and oxygen atoms in total. The van der Waals surface area contributed by atoms with Crippen molar-refractivity contribution < 1.29 is 9.18 Å². The highest BCUT2D eigenvalue weighted by Crippen LogP contribution is 2.18. The second-order valence-electron chi connectivity index (χ2n) is 6.54. The van der Waals surface area contributed by atoms with Gasteiger partial charge in [0, 0.05) is 12.6 Å². The lowest BCUT2D eigenvalue weighted by Gasteiger charge is -2.22. The third-order valence-electron chi connectivity index (χ3n) is 4.52. The van der Waals surface area contributed by atoms with Gasteiger partial charge in [0.25, 0.3) is 11.5 Å². The molecule has 30 heavy (non-hydrogen) atoms. The molecule has 3 aromatic rings.